The molecule has 2 N–H and O–H groups in total. The molecule has 1 amide bonds. The Morgan fingerprint density at radius 1 is 1.56 bits per heavy atom. The maximum absolute atomic E-state index is 11.7. The van der Waals surface area contributed by atoms with Gasteiger partial charge in [0.15, 0.2) is 0 Å². The second-order valence-corrected chi connectivity index (χ2v) is 4.19. The van der Waals surface area contributed by atoms with Crippen molar-refractivity contribution in [3.8, 4) is 0 Å². The Bertz CT molecular complexity index is 528. The SMILES string of the molecule is O=C(Nc1nccc(Cl)n1)c1cc(Br)c[nH]1. The van der Waals surface area contributed by atoms with Gasteiger partial charge < -0.3 is 4.98 Å². The van der Waals surface area contributed by atoms with Gasteiger partial charge in [0, 0.05) is 16.9 Å². The summed E-state index contributed by atoms with van der Waals surface area (Å²) >= 11 is 8.89. The van der Waals surface area contributed by atoms with Crippen LogP contribution in [0, 0.1) is 0 Å². The van der Waals surface area contributed by atoms with Crippen molar-refractivity contribution in [3.63, 3.8) is 0 Å². The lowest BCUT2D eigenvalue weighted by Gasteiger charge is -2.01. The lowest BCUT2D eigenvalue weighted by molar-refractivity contribution is 0.102. The van der Waals surface area contributed by atoms with Crippen LogP contribution < -0.4 is 5.32 Å². The predicted octanol–water partition coefficient (Wildman–Crippen LogP) is 2.47. The number of rotatable bonds is 2. The Balaban J connectivity index is 2.13. The van der Waals surface area contributed by atoms with E-state index in [1.54, 1.807) is 12.3 Å². The summed E-state index contributed by atoms with van der Waals surface area (Å²) in [5.74, 6) is -0.156. The lowest BCUT2D eigenvalue weighted by atomic mass is 10.4. The van der Waals surface area contributed by atoms with Crippen molar-refractivity contribution in [2.45, 2.75) is 0 Å². The maximum Gasteiger partial charge on any atom is 0.274 e. The molecule has 2 aromatic heterocycles. The third-order valence-corrected chi connectivity index (χ3v) is 2.41. The number of hydrogen-bond donors (Lipinski definition) is 2. The van der Waals surface area contributed by atoms with Crippen molar-refractivity contribution in [1.82, 2.24) is 15.0 Å². The average molecular weight is 302 g/mol. The van der Waals surface area contributed by atoms with E-state index in [0.717, 1.165) is 4.47 Å². The molecule has 0 bridgehead atoms. The minimum Gasteiger partial charge on any atom is -0.356 e. The van der Waals surface area contributed by atoms with E-state index in [9.17, 15) is 4.79 Å². The molecule has 0 aliphatic heterocycles. The maximum atomic E-state index is 11.7. The van der Waals surface area contributed by atoms with Crippen LogP contribution in [0.4, 0.5) is 5.95 Å². The summed E-state index contributed by atoms with van der Waals surface area (Å²) in [4.78, 5) is 22.1. The van der Waals surface area contributed by atoms with E-state index < -0.39 is 0 Å². The predicted molar refractivity (Wildman–Crippen MR) is 63.5 cm³/mol. The second kappa shape index (κ2) is 4.63. The number of amides is 1. The largest absolute Gasteiger partial charge is 0.356 e. The monoisotopic (exact) mass is 300 g/mol. The molecule has 16 heavy (non-hydrogen) atoms. The summed E-state index contributed by atoms with van der Waals surface area (Å²) in [6, 6.07) is 3.18. The van der Waals surface area contributed by atoms with E-state index >= 15 is 0 Å². The fourth-order valence-corrected chi connectivity index (χ4v) is 1.54. The Morgan fingerprint density at radius 3 is 3.00 bits per heavy atom. The molecule has 0 saturated carbocycles. The van der Waals surface area contributed by atoms with Crippen LogP contribution in [-0.2, 0) is 0 Å². The molecule has 2 heterocycles. The van der Waals surface area contributed by atoms with Crippen molar-refractivity contribution in [3.05, 3.63) is 39.8 Å². The summed E-state index contributed by atoms with van der Waals surface area (Å²) in [5.41, 5.74) is 0.412. The molecule has 7 heteroatoms. The van der Waals surface area contributed by atoms with Gasteiger partial charge in [-0.3, -0.25) is 10.1 Å². The Labute approximate surface area is 104 Å². The molecule has 5 nitrogen and oxygen atoms in total. The first-order chi connectivity index (χ1) is 7.65. The lowest BCUT2D eigenvalue weighted by Crippen LogP contribution is -2.14. The number of carbonyl (C=O) groups excluding carboxylic acids is 1. The topological polar surface area (TPSA) is 70.7 Å². The highest BCUT2D eigenvalue weighted by Gasteiger charge is 2.09. The van der Waals surface area contributed by atoms with Crippen molar-refractivity contribution in [1.29, 1.82) is 0 Å². The van der Waals surface area contributed by atoms with Gasteiger partial charge in [0.2, 0.25) is 5.95 Å². The van der Waals surface area contributed by atoms with E-state index in [4.69, 9.17) is 11.6 Å². The number of carbonyl (C=O) groups is 1. The van der Waals surface area contributed by atoms with Crippen LogP contribution in [-0.4, -0.2) is 20.9 Å². The highest BCUT2D eigenvalue weighted by Crippen LogP contribution is 2.12. The van der Waals surface area contributed by atoms with Crippen LogP contribution >= 0.6 is 27.5 Å². The summed E-state index contributed by atoms with van der Waals surface area (Å²) in [5, 5.41) is 2.79. The first-order valence-electron chi connectivity index (χ1n) is 4.29. The number of halogens is 2. The summed E-state index contributed by atoms with van der Waals surface area (Å²) in [6.07, 6.45) is 3.13. The minimum atomic E-state index is -0.326. The van der Waals surface area contributed by atoms with Gasteiger partial charge in [-0.15, -0.1) is 0 Å². The standard InChI is InChI=1S/C9H6BrClN4O/c10-5-3-6(13-4-5)8(16)15-9-12-2-1-7(11)14-9/h1-4,13H,(H,12,14,15,16). The molecular formula is C9H6BrClN4O. The van der Waals surface area contributed by atoms with Crippen molar-refractivity contribution >= 4 is 39.4 Å². The molecule has 82 valence electrons. The highest BCUT2D eigenvalue weighted by atomic mass is 79.9. The average Bonchev–Trinajstić information content (AvgIpc) is 2.65. The molecule has 0 aliphatic rings. The molecule has 0 saturated heterocycles. The van der Waals surface area contributed by atoms with Crippen LogP contribution in [0.15, 0.2) is 29.0 Å². The first kappa shape index (κ1) is 11.1. The van der Waals surface area contributed by atoms with Gasteiger partial charge in [-0.25, -0.2) is 9.97 Å². The van der Waals surface area contributed by atoms with Crippen LogP contribution in [0.3, 0.4) is 0 Å². The van der Waals surface area contributed by atoms with Gasteiger partial charge in [0.25, 0.3) is 5.91 Å². The van der Waals surface area contributed by atoms with Gasteiger partial charge in [-0.05, 0) is 28.1 Å². The fourth-order valence-electron chi connectivity index (χ4n) is 1.06. The highest BCUT2D eigenvalue weighted by molar-refractivity contribution is 9.10. The zero-order valence-corrected chi connectivity index (χ0v) is 10.2. The zero-order valence-electron chi connectivity index (χ0n) is 7.87. The summed E-state index contributed by atoms with van der Waals surface area (Å²) in [7, 11) is 0. The molecule has 2 aromatic rings. The number of hydrogen-bond acceptors (Lipinski definition) is 3. The zero-order chi connectivity index (χ0) is 11.5. The van der Waals surface area contributed by atoms with Crippen LogP contribution in [0.25, 0.3) is 0 Å². The molecule has 0 spiro atoms. The van der Waals surface area contributed by atoms with E-state index in [1.165, 1.54) is 12.3 Å². The molecule has 0 aromatic carbocycles. The Hall–Kier alpha value is -1.40. The van der Waals surface area contributed by atoms with Gasteiger partial charge in [-0.2, -0.15) is 0 Å². The van der Waals surface area contributed by atoms with E-state index in [1.807, 2.05) is 0 Å². The quantitative estimate of drug-likeness (QED) is 0.837. The third-order valence-electron chi connectivity index (χ3n) is 1.74. The minimum absolute atomic E-state index is 0.170. The van der Waals surface area contributed by atoms with Crippen LogP contribution in [0.1, 0.15) is 10.5 Å². The van der Waals surface area contributed by atoms with E-state index in [2.05, 4.69) is 36.2 Å². The molecular weight excluding hydrogens is 295 g/mol. The van der Waals surface area contributed by atoms with Gasteiger partial charge in [0.05, 0.1) is 0 Å². The Morgan fingerprint density at radius 2 is 2.38 bits per heavy atom. The molecule has 0 atom stereocenters. The second-order valence-electron chi connectivity index (χ2n) is 2.89. The number of aromatic nitrogens is 3. The van der Waals surface area contributed by atoms with Crippen LogP contribution in [0.2, 0.25) is 5.15 Å². The Kier molecular flexibility index (Phi) is 3.21. The van der Waals surface area contributed by atoms with Gasteiger partial charge >= 0.3 is 0 Å². The number of aromatic amines is 1. The van der Waals surface area contributed by atoms with E-state index in [0.29, 0.717) is 5.69 Å². The third kappa shape index (κ3) is 2.59. The van der Waals surface area contributed by atoms with E-state index in [-0.39, 0.29) is 17.0 Å². The number of nitrogens with zero attached hydrogens (tertiary/aromatic N) is 2. The summed E-state index contributed by atoms with van der Waals surface area (Å²) < 4.78 is 0.796. The van der Waals surface area contributed by atoms with Gasteiger partial charge in [0.1, 0.15) is 10.8 Å². The molecule has 0 aliphatic carbocycles. The van der Waals surface area contributed by atoms with Crippen molar-refractivity contribution in [2.24, 2.45) is 0 Å². The number of anilines is 1. The molecule has 0 unspecified atom stereocenters. The smallest absolute Gasteiger partial charge is 0.274 e. The first-order valence-corrected chi connectivity index (χ1v) is 5.46. The van der Waals surface area contributed by atoms with Crippen LogP contribution in [0.5, 0.6) is 0 Å². The fraction of sp³-hybridized carbons (Fsp3) is 0. The van der Waals surface area contributed by atoms with Crippen molar-refractivity contribution < 1.29 is 4.79 Å². The number of nitrogens with one attached hydrogen (secondary N) is 2. The van der Waals surface area contributed by atoms with Gasteiger partial charge in [-0.1, -0.05) is 11.6 Å². The molecule has 2 rings (SSSR count). The molecule has 0 fully saturated rings. The normalized spacial score (nSPS) is 10.1. The molecule has 0 radical (unpaired) electrons. The van der Waals surface area contributed by atoms with Crippen molar-refractivity contribution in [2.75, 3.05) is 5.32 Å². The number of H-pyrrole nitrogens is 1. The summed E-state index contributed by atoms with van der Waals surface area (Å²) in [6.45, 7) is 0.